The summed E-state index contributed by atoms with van der Waals surface area (Å²) in [6.07, 6.45) is -0.736. The third kappa shape index (κ3) is 4.44. The van der Waals surface area contributed by atoms with Crippen molar-refractivity contribution in [1.29, 1.82) is 0 Å². The molecular weight excluding hydrogens is 261 g/mol. The van der Waals surface area contributed by atoms with Gasteiger partial charge < -0.3 is 19.5 Å². The maximum Gasteiger partial charge on any atom is 0.123 e. The van der Waals surface area contributed by atoms with Crippen LogP contribution in [0, 0.1) is 5.82 Å². The first-order valence-corrected chi connectivity index (χ1v) is 6.73. The monoisotopic (exact) mass is 285 g/mol. The predicted molar refractivity (Wildman–Crippen MR) is 77.6 cm³/mol. The van der Waals surface area contributed by atoms with E-state index in [0.717, 1.165) is 5.69 Å². The predicted octanol–water partition coefficient (Wildman–Crippen LogP) is 2.37. The third-order valence-corrected chi connectivity index (χ3v) is 3.23. The number of halogens is 1. The first kappa shape index (κ1) is 16.9. The highest BCUT2D eigenvalue weighted by Gasteiger charge is 2.19. The van der Waals surface area contributed by atoms with Crippen molar-refractivity contribution in [1.82, 2.24) is 0 Å². The number of hydrogen-bond donors (Lipinski definition) is 1. The van der Waals surface area contributed by atoms with Crippen LogP contribution in [0.4, 0.5) is 10.1 Å². The third-order valence-electron chi connectivity index (χ3n) is 3.23. The van der Waals surface area contributed by atoms with Crippen molar-refractivity contribution in [2.24, 2.45) is 0 Å². The van der Waals surface area contributed by atoms with Crippen LogP contribution in [0.25, 0.3) is 0 Å². The minimum atomic E-state index is -0.736. The van der Waals surface area contributed by atoms with Crippen LogP contribution in [0.15, 0.2) is 18.2 Å². The lowest BCUT2D eigenvalue weighted by Crippen LogP contribution is -2.39. The minimum Gasteiger partial charge on any atom is -0.389 e. The molecule has 0 saturated carbocycles. The van der Waals surface area contributed by atoms with Crippen LogP contribution in [0.2, 0.25) is 0 Å². The summed E-state index contributed by atoms with van der Waals surface area (Å²) in [5.41, 5.74) is 1.38. The van der Waals surface area contributed by atoms with Gasteiger partial charge in [-0.15, -0.1) is 0 Å². The van der Waals surface area contributed by atoms with Crippen molar-refractivity contribution in [3.8, 4) is 0 Å². The lowest BCUT2D eigenvalue weighted by Gasteiger charge is -2.33. The van der Waals surface area contributed by atoms with Crippen LogP contribution < -0.4 is 4.90 Å². The Morgan fingerprint density at radius 1 is 1.25 bits per heavy atom. The number of anilines is 1. The number of methoxy groups -OCH3 is 2. The number of aliphatic hydroxyl groups excluding tert-OH is 1. The molecule has 114 valence electrons. The van der Waals surface area contributed by atoms with Gasteiger partial charge in [-0.1, -0.05) is 0 Å². The van der Waals surface area contributed by atoms with Gasteiger partial charge >= 0.3 is 0 Å². The van der Waals surface area contributed by atoms with E-state index in [9.17, 15) is 9.50 Å². The van der Waals surface area contributed by atoms with Gasteiger partial charge in [-0.2, -0.15) is 0 Å². The highest BCUT2D eigenvalue weighted by Crippen LogP contribution is 2.28. The maximum atomic E-state index is 13.4. The first-order chi connectivity index (χ1) is 9.51. The van der Waals surface area contributed by atoms with E-state index in [4.69, 9.17) is 9.47 Å². The second-order valence-corrected chi connectivity index (χ2v) is 4.87. The highest BCUT2D eigenvalue weighted by atomic mass is 19.1. The summed E-state index contributed by atoms with van der Waals surface area (Å²) in [4.78, 5) is 2.06. The van der Waals surface area contributed by atoms with E-state index in [0.29, 0.717) is 25.3 Å². The summed E-state index contributed by atoms with van der Waals surface area (Å²) in [7, 11) is 3.28. The summed E-state index contributed by atoms with van der Waals surface area (Å²) in [5, 5.41) is 9.86. The molecule has 20 heavy (non-hydrogen) atoms. The molecule has 0 aromatic heterocycles. The van der Waals surface area contributed by atoms with Gasteiger partial charge in [-0.3, -0.25) is 0 Å². The molecular formula is C15H24FNO3. The molecule has 0 aliphatic rings. The van der Waals surface area contributed by atoms with Crippen LogP contribution in [-0.4, -0.2) is 45.1 Å². The fourth-order valence-electron chi connectivity index (χ4n) is 2.22. The zero-order chi connectivity index (χ0) is 15.1. The molecule has 0 fully saturated rings. The molecule has 2 atom stereocenters. The normalized spacial score (nSPS) is 14.1. The Balaban J connectivity index is 3.11. The molecule has 0 spiro atoms. The number of ether oxygens (including phenoxy) is 2. The number of rotatable bonds is 8. The molecule has 0 bridgehead atoms. The van der Waals surface area contributed by atoms with Gasteiger partial charge in [0.2, 0.25) is 0 Å². The Morgan fingerprint density at radius 2 is 1.95 bits per heavy atom. The topological polar surface area (TPSA) is 41.9 Å². The molecule has 1 N–H and O–H groups in total. The van der Waals surface area contributed by atoms with Crippen molar-refractivity contribution in [2.75, 3.05) is 38.9 Å². The summed E-state index contributed by atoms with van der Waals surface area (Å²) in [5.74, 6) is -0.351. The van der Waals surface area contributed by atoms with Gasteiger partial charge in [0.15, 0.2) is 0 Å². The molecule has 1 aromatic carbocycles. The fraction of sp³-hybridized carbons (Fsp3) is 0.600. The molecule has 4 nitrogen and oxygen atoms in total. The van der Waals surface area contributed by atoms with E-state index in [1.165, 1.54) is 12.1 Å². The Morgan fingerprint density at radius 3 is 2.50 bits per heavy atom. The van der Waals surface area contributed by atoms with Crippen LogP contribution in [-0.2, 0) is 9.47 Å². The molecule has 0 radical (unpaired) electrons. The smallest absolute Gasteiger partial charge is 0.123 e. The average molecular weight is 285 g/mol. The van der Waals surface area contributed by atoms with E-state index in [1.807, 2.05) is 6.92 Å². The molecule has 0 aliphatic heterocycles. The Hall–Kier alpha value is -1.17. The summed E-state index contributed by atoms with van der Waals surface area (Å²) in [6, 6.07) is 4.57. The van der Waals surface area contributed by atoms with Crippen LogP contribution in [0.5, 0.6) is 0 Å². The highest BCUT2D eigenvalue weighted by molar-refractivity contribution is 5.55. The second kappa shape index (κ2) is 8.19. The van der Waals surface area contributed by atoms with E-state index in [-0.39, 0.29) is 11.9 Å². The summed E-state index contributed by atoms with van der Waals surface area (Å²) < 4.78 is 23.7. The number of aliphatic hydroxyl groups is 1. The van der Waals surface area contributed by atoms with Crippen LogP contribution in [0.1, 0.15) is 25.5 Å². The Kier molecular flexibility index (Phi) is 6.91. The van der Waals surface area contributed by atoms with E-state index >= 15 is 0 Å². The summed E-state index contributed by atoms with van der Waals surface area (Å²) >= 11 is 0. The number of hydrogen-bond acceptors (Lipinski definition) is 4. The van der Waals surface area contributed by atoms with E-state index in [1.54, 1.807) is 27.2 Å². The molecule has 1 aromatic rings. The zero-order valence-electron chi connectivity index (χ0n) is 12.6. The zero-order valence-corrected chi connectivity index (χ0v) is 12.6. The van der Waals surface area contributed by atoms with Crippen LogP contribution >= 0.6 is 0 Å². The molecule has 0 heterocycles. The van der Waals surface area contributed by atoms with Crippen molar-refractivity contribution in [3.05, 3.63) is 29.6 Å². The summed E-state index contributed by atoms with van der Waals surface area (Å²) in [6.45, 7) is 5.39. The molecule has 5 heteroatoms. The van der Waals surface area contributed by atoms with Gasteiger partial charge in [0.25, 0.3) is 0 Å². The SMILES string of the molecule is COCCN(c1ccc(F)cc1[C@H](C)O)C(C)COC. The van der Waals surface area contributed by atoms with Gasteiger partial charge in [0.1, 0.15) is 5.82 Å². The van der Waals surface area contributed by atoms with Crippen molar-refractivity contribution in [2.45, 2.75) is 26.0 Å². The molecule has 1 unspecified atom stereocenters. The number of nitrogens with zero attached hydrogens (tertiary/aromatic N) is 1. The maximum absolute atomic E-state index is 13.4. The molecule has 0 amide bonds. The minimum absolute atomic E-state index is 0.0955. The van der Waals surface area contributed by atoms with Crippen molar-refractivity contribution >= 4 is 5.69 Å². The van der Waals surface area contributed by atoms with Gasteiger partial charge in [-0.25, -0.2) is 4.39 Å². The van der Waals surface area contributed by atoms with E-state index in [2.05, 4.69) is 4.90 Å². The molecule has 0 aliphatic carbocycles. The number of benzene rings is 1. The first-order valence-electron chi connectivity index (χ1n) is 6.73. The fourth-order valence-corrected chi connectivity index (χ4v) is 2.22. The lowest BCUT2D eigenvalue weighted by atomic mass is 10.1. The Bertz CT molecular complexity index is 412. The Labute approximate surface area is 120 Å². The van der Waals surface area contributed by atoms with Gasteiger partial charge in [0.05, 0.1) is 19.3 Å². The second-order valence-electron chi connectivity index (χ2n) is 4.87. The lowest BCUT2D eigenvalue weighted by molar-refractivity contribution is 0.169. The largest absolute Gasteiger partial charge is 0.389 e. The van der Waals surface area contributed by atoms with Gasteiger partial charge in [0, 0.05) is 38.1 Å². The quantitative estimate of drug-likeness (QED) is 0.796. The molecule has 0 saturated heterocycles. The van der Waals surface area contributed by atoms with Gasteiger partial charge in [-0.05, 0) is 32.0 Å². The molecule has 1 rings (SSSR count). The van der Waals surface area contributed by atoms with Crippen molar-refractivity contribution in [3.63, 3.8) is 0 Å². The standard InChI is InChI=1S/C15H24FNO3/c1-11(10-20-4)17(7-8-19-3)15-6-5-13(16)9-14(15)12(2)18/h5-6,9,11-12,18H,7-8,10H2,1-4H3/t11?,12-/m0/s1. The van der Waals surface area contributed by atoms with E-state index < -0.39 is 6.10 Å². The van der Waals surface area contributed by atoms with Crippen molar-refractivity contribution < 1.29 is 19.0 Å². The van der Waals surface area contributed by atoms with Crippen LogP contribution in [0.3, 0.4) is 0 Å². The average Bonchev–Trinajstić information content (AvgIpc) is 2.40.